The highest BCUT2D eigenvalue weighted by Crippen LogP contribution is 2.17. The standard InChI is InChI=1S/C13H13N3O3S2/c14-12(20)9-3-1-2-4-10(9)19-6-11(17)15-5-8-7-21-13(18)16-8/h1-4,7H,5-6H2,(H2,14,20)(H,15,17)(H,16,18). The molecule has 0 aliphatic heterocycles. The maximum atomic E-state index is 11.7. The number of nitrogens with one attached hydrogen (secondary N) is 2. The number of H-pyrrole nitrogens is 1. The van der Waals surface area contributed by atoms with Crippen molar-refractivity contribution in [3.63, 3.8) is 0 Å². The van der Waals surface area contributed by atoms with Crippen LogP contribution in [0.2, 0.25) is 0 Å². The van der Waals surface area contributed by atoms with Crippen LogP contribution in [0.15, 0.2) is 34.4 Å². The Morgan fingerprint density at radius 3 is 2.86 bits per heavy atom. The molecule has 1 amide bonds. The summed E-state index contributed by atoms with van der Waals surface area (Å²) < 4.78 is 5.40. The lowest BCUT2D eigenvalue weighted by molar-refractivity contribution is -0.123. The van der Waals surface area contributed by atoms with Crippen LogP contribution in [-0.2, 0) is 11.3 Å². The van der Waals surface area contributed by atoms with Crippen LogP contribution in [-0.4, -0.2) is 22.5 Å². The van der Waals surface area contributed by atoms with Crippen LogP contribution >= 0.6 is 23.6 Å². The number of hydrogen-bond donors (Lipinski definition) is 3. The zero-order valence-corrected chi connectivity index (χ0v) is 12.6. The molecule has 21 heavy (non-hydrogen) atoms. The highest BCUT2D eigenvalue weighted by atomic mass is 32.1. The van der Waals surface area contributed by atoms with Gasteiger partial charge in [-0.15, -0.1) is 0 Å². The fraction of sp³-hybridized carbons (Fsp3) is 0.154. The fourth-order valence-electron chi connectivity index (χ4n) is 1.58. The molecular weight excluding hydrogens is 310 g/mol. The van der Waals surface area contributed by atoms with Gasteiger partial charge in [-0.3, -0.25) is 9.59 Å². The third kappa shape index (κ3) is 4.40. The minimum Gasteiger partial charge on any atom is -0.483 e. The molecule has 4 N–H and O–H groups in total. The Labute approximate surface area is 129 Å². The molecule has 0 aliphatic carbocycles. The summed E-state index contributed by atoms with van der Waals surface area (Å²) in [6.07, 6.45) is 0. The Bertz CT molecular complexity index is 708. The van der Waals surface area contributed by atoms with Crippen molar-refractivity contribution < 1.29 is 9.53 Å². The number of amides is 1. The largest absolute Gasteiger partial charge is 0.483 e. The van der Waals surface area contributed by atoms with Crippen LogP contribution in [0.5, 0.6) is 5.75 Å². The van der Waals surface area contributed by atoms with Gasteiger partial charge in [0.05, 0.1) is 12.1 Å². The Morgan fingerprint density at radius 2 is 2.19 bits per heavy atom. The molecule has 0 fully saturated rings. The number of carbonyl (C=O) groups excluding carboxylic acids is 1. The maximum absolute atomic E-state index is 11.7. The number of rotatable bonds is 6. The van der Waals surface area contributed by atoms with E-state index in [4.69, 9.17) is 22.7 Å². The first-order valence-electron chi connectivity index (χ1n) is 6.01. The number of thiocarbonyl (C=S) groups is 1. The Morgan fingerprint density at radius 1 is 1.43 bits per heavy atom. The molecule has 0 bridgehead atoms. The van der Waals surface area contributed by atoms with Gasteiger partial charge in [0, 0.05) is 11.1 Å². The summed E-state index contributed by atoms with van der Waals surface area (Å²) in [5.74, 6) is 0.156. The monoisotopic (exact) mass is 323 g/mol. The van der Waals surface area contributed by atoms with Crippen molar-refractivity contribution in [2.45, 2.75) is 6.54 Å². The number of ether oxygens (including phenoxy) is 1. The van der Waals surface area contributed by atoms with Gasteiger partial charge < -0.3 is 20.8 Å². The van der Waals surface area contributed by atoms with E-state index in [9.17, 15) is 9.59 Å². The van der Waals surface area contributed by atoms with Gasteiger partial charge in [-0.2, -0.15) is 0 Å². The summed E-state index contributed by atoms with van der Waals surface area (Å²) >= 11 is 5.96. The minimum absolute atomic E-state index is 0.152. The topological polar surface area (TPSA) is 97.2 Å². The zero-order chi connectivity index (χ0) is 15.2. The number of thiazole rings is 1. The zero-order valence-electron chi connectivity index (χ0n) is 10.9. The van der Waals surface area contributed by atoms with Crippen molar-refractivity contribution in [2.75, 3.05) is 6.61 Å². The van der Waals surface area contributed by atoms with Crippen LogP contribution in [0.4, 0.5) is 0 Å². The molecule has 1 aromatic carbocycles. The molecule has 0 radical (unpaired) electrons. The van der Waals surface area contributed by atoms with Crippen molar-refractivity contribution in [2.24, 2.45) is 5.73 Å². The van der Waals surface area contributed by atoms with Crippen LogP contribution in [0.25, 0.3) is 0 Å². The van der Waals surface area contributed by atoms with Crippen molar-refractivity contribution in [3.8, 4) is 5.75 Å². The number of hydrogen-bond acceptors (Lipinski definition) is 5. The molecule has 6 nitrogen and oxygen atoms in total. The summed E-state index contributed by atoms with van der Waals surface area (Å²) in [6, 6.07) is 6.98. The van der Waals surface area contributed by atoms with Gasteiger partial charge in [0.15, 0.2) is 6.61 Å². The molecule has 2 aromatic rings. The molecule has 8 heteroatoms. The normalized spacial score (nSPS) is 10.1. The highest BCUT2D eigenvalue weighted by Gasteiger charge is 2.08. The smallest absolute Gasteiger partial charge is 0.304 e. The predicted octanol–water partition coefficient (Wildman–Crippen LogP) is 0.766. The molecule has 1 aromatic heterocycles. The van der Waals surface area contributed by atoms with E-state index in [0.717, 1.165) is 11.3 Å². The number of nitrogens with two attached hydrogens (primary N) is 1. The van der Waals surface area contributed by atoms with Crippen molar-refractivity contribution in [1.29, 1.82) is 0 Å². The average molecular weight is 323 g/mol. The molecule has 0 saturated heterocycles. The number of benzene rings is 1. The van der Waals surface area contributed by atoms with Crippen LogP contribution in [0.3, 0.4) is 0 Å². The Balaban J connectivity index is 1.87. The maximum Gasteiger partial charge on any atom is 0.304 e. The van der Waals surface area contributed by atoms with E-state index in [1.165, 1.54) is 0 Å². The van der Waals surface area contributed by atoms with Crippen molar-refractivity contribution >= 4 is 34.5 Å². The van der Waals surface area contributed by atoms with Crippen LogP contribution < -0.4 is 20.7 Å². The van der Waals surface area contributed by atoms with Gasteiger partial charge >= 0.3 is 4.87 Å². The summed E-state index contributed by atoms with van der Waals surface area (Å²) in [7, 11) is 0. The average Bonchev–Trinajstić information content (AvgIpc) is 2.88. The molecule has 1 heterocycles. The summed E-state index contributed by atoms with van der Waals surface area (Å²) in [5.41, 5.74) is 6.82. The van der Waals surface area contributed by atoms with E-state index in [0.29, 0.717) is 17.0 Å². The van der Waals surface area contributed by atoms with Gasteiger partial charge in [0.2, 0.25) is 0 Å². The molecule has 0 atom stereocenters. The van der Waals surface area contributed by atoms with Gasteiger partial charge in [-0.1, -0.05) is 35.7 Å². The quantitative estimate of drug-likeness (QED) is 0.682. The van der Waals surface area contributed by atoms with E-state index in [-0.39, 0.29) is 28.9 Å². The molecule has 110 valence electrons. The molecular formula is C13H13N3O3S2. The lowest BCUT2D eigenvalue weighted by atomic mass is 10.2. The number of aromatic amines is 1. The SMILES string of the molecule is NC(=S)c1ccccc1OCC(=O)NCc1csc(=O)[nH]1. The Kier molecular flexibility index (Phi) is 5.07. The molecule has 0 aliphatic rings. The lowest BCUT2D eigenvalue weighted by Crippen LogP contribution is -2.29. The van der Waals surface area contributed by atoms with Crippen LogP contribution in [0.1, 0.15) is 11.3 Å². The van der Waals surface area contributed by atoms with E-state index in [1.54, 1.807) is 29.6 Å². The van der Waals surface area contributed by atoms with Gasteiger partial charge in [0.25, 0.3) is 5.91 Å². The highest BCUT2D eigenvalue weighted by molar-refractivity contribution is 7.80. The predicted molar refractivity (Wildman–Crippen MR) is 84.6 cm³/mol. The summed E-state index contributed by atoms with van der Waals surface area (Å²) in [6.45, 7) is 0.0892. The van der Waals surface area contributed by atoms with E-state index in [2.05, 4.69) is 10.3 Å². The third-order valence-electron chi connectivity index (χ3n) is 2.56. The molecule has 2 rings (SSSR count). The van der Waals surface area contributed by atoms with E-state index in [1.807, 2.05) is 0 Å². The first-order chi connectivity index (χ1) is 10.1. The number of carbonyl (C=O) groups is 1. The van der Waals surface area contributed by atoms with Gasteiger partial charge in [-0.05, 0) is 12.1 Å². The van der Waals surface area contributed by atoms with E-state index >= 15 is 0 Å². The van der Waals surface area contributed by atoms with Gasteiger partial charge in [0.1, 0.15) is 10.7 Å². The number of para-hydroxylation sites is 1. The second kappa shape index (κ2) is 7.00. The van der Waals surface area contributed by atoms with Crippen molar-refractivity contribution in [1.82, 2.24) is 10.3 Å². The molecule has 0 saturated carbocycles. The summed E-state index contributed by atoms with van der Waals surface area (Å²) in [5, 5.41) is 4.30. The second-order valence-electron chi connectivity index (χ2n) is 4.10. The van der Waals surface area contributed by atoms with Crippen molar-refractivity contribution in [3.05, 3.63) is 50.6 Å². The lowest BCUT2D eigenvalue weighted by Gasteiger charge is -2.10. The number of aromatic nitrogens is 1. The second-order valence-corrected chi connectivity index (χ2v) is 5.38. The molecule has 0 unspecified atom stereocenters. The first kappa shape index (κ1) is 15.2. The fourth-order valence-corrected chi connectivity index (χ4v) is 2.33. The van der Waals surface area contributed by atoms with Gasteiger partial charge in [-0.25, -0.2) is 0 Å². The van der Waals surface area contributed by atoms with Crippen LogP contribution in [0, 0.1) is 0 Å². The third-order valence-corrected chi connectivity index (χ3v) is 3.50. The Hall–Kier alpha value is -2.19. The minimum atomic E-state index is -0.306. The van der Waals surface area contributed by atoms with E-state index < -0.39 is 0 Å². The molecule has 0 spiro atoms. The first-order valence-corrected chi connectivity index (χ1v) is 7.30. The summed E-state index contributed by atoms with van der Waals surface area (Å²) in [4.78, 5) is 25.3.